The van der Waals surface area contributed by atoms with Crippen molar-refractivity contribution in [2.45, 2.75) is 12.5 Å². The third-order valence-corrected chi connectivity index (χ3v) is 2.80. The predicted octanol–water partition coefficient (Wildman–Crippen LogP) is 0.829. The van der Waals surface area contributed by atoms with Crippen LogP contribution in [-0.4, -0.2) is 44.4 Å². The van der Waals surface area contributed by atoms with Crippen LogP contribution in [0, 0.1) is 0 Å². The van der Waals surface area contributed by atoms with Gasteiger partial charge in [0.1, 0.15) is 5.82 Å². The highest BCUT2D eigenvalue weighted by Gasteiger charge is 2.13. The number of H-pyrrole nitrogens is 1. The maximum Gasteiger partial charge on any atom is 0.105 e. The number of aromatic amines is 1. The fourth-order valence-corrected chi connectivity index (χ4v) is 1.83. The van der Waals surface area contributed by atoms with E-state index in [2.05, 4.69) is 28.3 Å². The van der Waals surface area contributed by atoms with Crippen LogP contribution in [0.1, 0.15) is 6.42 Å². The van der Waals surface area contributed by atoms with Crippen LogP contribution < -0.4 is 10.2 Å². The Balaban J connectivity index is 1.73. The lowest BCUT2D eigenvalue weighted by Gasteiger charge is -2.26. The van der Waals surface area contributed by atoms with Crippen molar-refractivity contribution < 1.29 is 4.74 Å². The van der Waals surface area contributed by atoms with Gasteiger partial charge in [0.2, 0.25) is 0 Å². The Labute approximate surface area is 90.6 Å². The molecule has 1 aliphatic rings. The van der Waals surface area contributed by atoms with Crippen molar-refractivity contribution in [2.75, 3.05) is 38.3 Å². The van der Waals surface area contributed by atoms with E-state index in [1.54, 1.807) is 0 Å². The van der Waals surface area contributed by atoms with Gasteiger partial charge in [0.25, 0.3) is 0 Å². The first kappa shape index (κ1) is 10.5. The van der Waals surface area contributed by atoms with Crippen LogP contribution in [0.25, 0.3) is 0 Å². The van der Waals surface area contributed by atoms with E-state index < -0.39 is 0 Å². The maximum absolute atomic E-state index is 5.42. The summed E-state index contributed by atoms with van der Waals surface area (Å²) in [5, 5.41) is 3.46. The molecule has 15 heavy (non-hydrogen) atoms. The predicted molar refractivity (Wildman–Crippen MR) is 61.3 cm³/mol. The standard InChI is InChI=1S/C11H19N3O/c1-14(11-3-2-5-13-11)7-4-10-9-15-8-6-12-10/h2-3,5,10,12-13H,4,6-9H2,1H3. The van der Waals surface area contributed by atoms with Crippen LogP contribution in [0.4, 0.5) is 5.82 Å². The average molecular weight is 209 g/mol. The molecule has 0 spiro atoms. The molecule has 1 saturated heterocycles. The lowest BCUT2D eigenvalue weighted by molar-refractivity contribution is 0.0749. The molecule has 2 N–H and O–H groups in total. The highest BCUT2D eigenvalue weighted by Crippen LogP contribution is 2.09. The van der Waals surface area contributed by atoms with Gasteiger partial charge in [-0.3, -0.25) is 0 Å². The van der Waals surface area contributed by atoms with Crippen molar-refractivity contribution in [1.82, 2.24) is 10.3 Å². The van der Waals surface area contributed by atoms with Crippen molar-refractivity contribution in [3.63, 3.8) is 0 Å². The molecule has 0 aliphatic carbocycles. The van der Waals surface area contributed by atoms with Gasteiger partial charge in [-0.1, -0.05) is 0 Å². The number of morpholine rings is 1. The van der Waals surface area contributed by atoms with Gasteiger partial charge in [0, 0.05) is 32.4 Å². The maximum atomic E-state index is 5.42. The molecule has 84 valence electrons. The number of aromatic nitrogens is 1. The van der Waals surface area contributed by atoms with E-state index in [-0.39, 0.29) is 0 Å². The third-order valence-electron chi connectivity index (χ3n) is 2.80. The third kappa shape index (κ3) is 2.97. The second-order valence-electron chi connectivity index (χ2n) is 3.99. The van der Waals surface area contributed by atoms with Crippen LogP contribution in [0.5, 0.6) is 0 Å². The summed E-state index contributed by atoms with van der Waals surface area (Å²) in [4.78, 5) is 5.43. The van der Waals surface area contributed by atoms with E-state index in [1.165, 1.54) is 5.82 Å². The minimum atomic E-state index is 0.510. The first-order valence-electron chi connectivity index (χ1n) is 5.52. The molecule has 1 atom stereocenters. The van der Waals surface area contributed by atoms with Gasteiger partial charge in [0.15, 0.2) is 0 Å². The topological polar surface area (TPSA) is 40.3 Å². The molecule has 1 fully saturated rings. The molecule has 2 rings (SSSR count). The Morgan fingerprint density at radius 3 is 3.20 bits per heavy atom. The second kappa shape index (κ2) is 5.19. The van der Waals surface area contributed by atoms with Crippen LogP contribution in [0.2, 0.25) is 0 Å². The lowest BCUT2D eigenvalue weighted by Crippen LogP contribution is -2.42. The molecule has 0 bridgehead atoms. The van der Waals surface area contributed by atoms with Crippen LogP contribution >= 0.6 is 0 Å². The van der Waals surface area contributed by atoms with Crippen LogP contribution in [0.15, 0.2) is 18.3 Å². The minimum Gasteiger partial charge on any atom is -0.379 e. The highest BCUT2D eigenvalue weighted by atomic mass is 16.5. The van der Waals surface area contributed by atoms with Crippen LogP contribution in [-0.2, 0) is 4.74 Å². The summed E-state index contributed by atoms with van der Waals surface area (Å²) < 4.78 is 5.42. The molecule has 1 aromatic rings. The lowest BCUT2D eigenvalue weighted by atomic mass is 10.2. The zero-order valence-electron chi connectivity index (χ0n) is 9.20. The fraction of sp³-hybridized carbons (Fsp3) is 0.636. The number of nitrogens with one attached hydrogen (secondary N) is 2. The quantitative estimate of drug-likeness (QED) is 0.771. The SMILES string of the molecule is CN(CCC1COCCN1)c1ccc[nH]1. The number of hydrogen-bond donors (Lipinski definition) is 2. The Kier molecular flexibility index (Phi) is 3.64. The van der Waals surface area contributed by atoms with Gasteiger partial charge < -0.3 is 19.9 Å². The normalized spacial score (nSPS) is 21.5. The van der Waals surface area contributed by atoms with Gasteiger partial charge in [-0.25, -0.2) is 0 Å². The van der Waals surface area contributed by atoms with E-state index >= 15 is 0 Å². The summed E-state index contributed by atoms with van der Waals surface area (Å²) in [6.07, 6.45) is 3.07. The minimum absolute atomic E-state index is 0.510. The summed E-state index contributed by atoms with van der Waals surface area (Å²) in [6.45, 7) is 3.72. The summed E-state index contributed by atoms with van der Waals surface area (Å²) in [6, 6.07) is 4.62. The number of nitrogens with zero attached hydrogens (tertiary/aromatic N) is 1. The van der Waals surface area contributed by atoms with Crippen molar-refractivity contribution in [1.29, 1.82) is 0 Å². The van der Waals surface area contributed by atoms with E-state index in [4.69, 9.17) is 4.74 Å². The Hall–Kier alpha value is -1.00. The smallest absolute Gasteiger partial charge is 0.105 e. The summed E-state index contributed by atoms with van der Waals surface area (Å²) >= 11 is 0. The molecule has 1 aromatic heterocycles. The van der Waals surface area contributed by atoms with Gasteiger partial charge in [-0.15, -0.1) is 0 Å². The second-order valence-corrected chi connectivity index (χ2v) is 3.99. The van der Waals surface area contributed by atoms with E-state index in [9.17, 15) is 0 Å². The first-order valence-corrected chi connectivity index (χ1v) is 5.52. The van der Waals surface area contributed by atoms with Crippen LogP contribution in [0.3, 0.4) is 0 Å². The van der Waals surface area contributed by atoms with E-state index in [0.29, 0.717) is 6.04 Å². The van der Waals surface area contributed by atoms with Gasteiger partial charge in [-0.2, -0.15) is 0 Å². The molecule has 1 aliphatic heterocycles. The summed E-state index contributed by atoms with van der Waals surface area (Å²) in [5.41, 5.74) is 0. The Bertz CT molecular complexity index is 267. The molecular formula is C11H19N3O. The number of hydrogen-bond acceptors (Lipinski definition) is 3. The zero-order valence-corrected chi connectivity index (χ0v) is 9.20. The number of anilines is 1. The molecular weight excluding hydrogens is 190 g/mol. The molecule has 1 unspecified atom stereocenters. The first-order chi connectivity index (χ1) is 7.36. The highest BCUT2D eigenvalue weighted by molar-refractivity contribution is 5.37. The average Bonchev–Trinajstić information content (AvgIpc) is 2.81. The van der Waals surface area contributed by atoms with Crippen molar-refractivity contribution >= 4 is 5.82 Å². The molecule has 0 amide bonds. The van der Waals surface area contributed by atoms with Crippen molar-refractivity contribution in [3.8, 4) is 0 Å². The monoisotopic (exact) mass is 209 g/mol. The summed E-state index contributed by atoms with van der Waals surface area (Å²) in [7, 11) is 2.11. The van der Waals surface area contributed by atoms with E-state index in [1.807, 2.05) is 12.3 Å². The van der Waals surface area contributed by atoms with Crippen molar-refractivity contribution in [3.05, 3.63) is 18.3 Å². The molecule has 2 heterocycles. The molecule has 0 radical (unpaired) electrons. The fourth-order valence-electron chi connectivity index (χ4n) is 1.83. The Morgan fingerprint density at radius 2 is 2.53 bits per heavy atom. The zero-order chi connectivity index (χ0) is 10.5. The Morgan fingerprint density at radius 1 is 1.60 bits per heavy atom. The molecule has 4 nitrogen and oxygen atoms in total. The molecule has 0 aromatic carbocycles. The molecule has 0 saturated carbocycles. The number of ether oxygens (including phenoxy) is 1. The van der Waals surface area contributed by atoms with Gasteiger partial charge in [0.05, 0.1) is 13.2 Å². The van der Waals surface area contributed by atoms with Gasteiger partial charge >= 0.3 is 0 Å². The van der Waals surface area contributed by atoms with Crippen molar-refractivity contribution in [2.24, 2.45) is 0 Å². The van der Waals surface area contributed by atoms with E-state index in [0.717, 1.165) is 32.7 Å². The largest absolute Gasteiger partial charge is 0.379 e. The molecule has 4 heteroatoms. The summed E-state index contributed by atoms with van der Waals surface area (Å²) in [5.74, 6) is 1.17. The van der Waals surface area contributed by atoms with Gasteiger partial charge in [-0.05, 0) is 18.6 Å². The number of rotatable bonds is 4.